The van der Waals surface area contributed by atoms with E-state index in [1.54, 1.807) is 0 Å². The van der Waals surface area contributed by atoms with E-state index in [1.807, 2.05) is 13.8 Å². The lowest BCUT2D eigenvalue weighted by Gasteiger charge is -2.16. The lowest BCUT2D eigenvalue weighted by atomic mass is 9.97. The molecule has 1 rings (SSSR count). The number of benzene rings is 1. The van der Waals surface area contributed by atoms with Gasteiger partial charge in [-0.05, 0) is 40.4 Å². The van der Waals surface area contributed by atoms with Crippen LogP contribution in [0.1, 0.15) is 31.9 Å². The van der Waals surface area contributed by atoms with Crippen LogP contribution in [0.4, 0.5) is 8.78 Å². The molecule has 1 atom stereocenters. The SMILES string of the molecule is CC(C)C[C@H](N)c1c(F)ccc(Br)c1F.Cl. The van der Waals surface area contributed by atoms with Gasteiger partial charge < -0.3 is 5.73 Å². The molecule has 0 aliphatic rings. The Labute approximate surface area is 109 Å². The van der Waals surface area contributed by atoms with Crippen molar-refractivity contribution in [2.75, 3.05) is 0 Å². The Bertz CT molecular complexity index is 358. The van der Waals surface area contributed by atoms with E-state index >= 15 is 0 Å². The van der Waals surface area contributed by atoms with Crippen molar-refractivity contribution in [3.05, 3.63) is 33.8 Å². The third kappa shape index (κ3) is 3.68. The molecule has 1 aromatic carbocycles. The molecule has 92 valence electrons. The average molecular weight is 315 g/mol. The normalized spacial score (nSPS) is 12.4. The zero-order valence-corrected chi connectivity index (χ0v) is 11.5. The van der Waals surface area contributed by atoms with E-state index < -0.39 is 17.7 Å². The second-order valence-corrected chi connectivity index (χ2v) is 4.85. The van der Waals surface area contributed by atoms with Crippen LogP contribution in [0.25, 0.3) is 0 Å². The summed E-state index contributed by atoms with van der Waals surface area (Å²) >= 11 is 3.02. The number of halogens is 4. The highest BCUT2D eigenvalue weighted by molar-refractivity contribution is 9.10. The van der Waals surface area contributed by atoms with Gasteiger partial charge in [0.1, 0.15) is 11.6 Å². The molecule has 5 heteroatoms. The quantitative estimate of drug-likeness (QED) is 0.832. The summed E-state index contributed by atoms with van der Waals surface area (Å²) in [6, 6.07) is 1.97. The molecule has 0 spiro atoms. The topological polar surface area (TPSA) is 26.0 Å². The van der Waals surface area contributed by atoms with Crippen molar-refractivity contribution < 1.29 is 8.78 Å². The minimum Gasteiger partial charge on any atom is -0.324 e. The van der Waals surface area contributed by atoms with Crippen molar-refractivity contribution >= 4 is 28.3 Å². The fourth-order valence-electron chi connectivity index (χ4n) is 1.51. The average Bonchev–Trinajstić information content (AvgIpc) is 2.11. The predicted octanol–water partition coefficient (Wildman–Crippen LogP) is 4.20. The molecule has 0 aliphatic heterocycles. The summed E-state index contributed by atoms with van der Waals surface area (Å²) < 4.78 is 27.2. The second kappa shape index (κ2) is 6.52. The monoisotopic (exact) mass is 313 g/mol. The Morgan fingerprint density at radius 3 is 2.38 bits per heavy atom. The molecular formula is C11H15BrClF2N. The number of hydrogen-bond donors (Lipinski definition) is 1. The van der Waals surface area contributed by atoms with Crippen LogP contribution >= 0.6 is 28.3 Å². The molecule has 0 radical (unpaired) electrons. The maximum atomic E-state index is 13.6. The molecule has 1 nitrogen and oxygen atoms in total. The highest BCUT2D eigenvalue weighted by Crippen LogP contribution is 2.28. The van der Waals surface area contributed by atoms with Crippen LogP contribution in [-0.4, -0.2) is 0 Å². The van der Waals surface area contributed by atoms with Crippen molar-refractivity contribution in [1.29, 1.82) is 0 Å². The maximum absolute atomic E-state index is 13.6. The van der Waals surface area contributed by atoms with Gasteiger partial charge in [-0.25, -0.2) is 8.78 Å². The fraction of sp³-hybridized carbons (Fsp3) is 0.455. The van der Waals surface area contributed by atoms with Gasteiger partial charge in [-0.2, -0.15) is 0 Å². The molecule has 0 heterocycles. The summed E-state index contributed by atoms with van der Waals surface area (Å²) in [7, 11) is 0. The van der Waals surface area contributed by atoms with E-state index in [-0.39, 0.29) is 22.4 Å². The van der Waals surface area contributed by atoms with E-state index in [0.717, 1.165) is 0 Å². The van der Waals surface area contributed by atoms with Crippen molar-refractivity contribution in [2.24, 2.45) is 11.7 Å². The Morgan fingerprint density at radius 2 is 1.88 bits per heavy atom. The fourth-order valence-corrected chi connectivity index (χ4v) is 1.85. The molecule has 0 saturated carbocycles. The molecule has 0 aromatic heterocycles. The lowest BCUT2D eigenvalue weighted by molar-refractivity contribution is 0.462. The summed E-state index contributed by atoms with van der Waals surface area (Å²) in [5, 5.41) is 0. The van der Waals surface area contributed by atoms with Gasteiger partial charge in [0, 0.05) is 11.6 Å². The van der Waals surface area contributed by atoms with Crippen LogP contribution in [0.2, 0.25) is 0 Å². The standard InChI is InChI=1S/C11H14BrF2N.ClH/c1-6(2)5-9(15)10-8(13)4-3-7(12)11(10)14;/h3-4,6,9H,5,15H2,1-2H3;1H/t9-;/m0./s1. The van der Waals surface area contributed by atoms with E-state index in [2.05, 4.69) is 15.9 Å². The van der Waals surface area contributed by atoms with E-state index in [0.29, 0.717) is 12.3 Å². The Morgan fingerprint density at radius 1 is 1.31 bits per heavy atom. The molecule has 0 amide bonds. The highest BCUT2D eigenvalue weighted by Gasteiger charge is 2.19. The molecule has 0 aliphatic carbocycles. The number of rotatable bonds is 3. The number of hydrogen-bond acceptors (Lipinski definition) is 1. The molecule has 0 unspecified atom stereocenters. The first-order chi connectivity index (χ1) is 6.93. The largest absolute Gasteiger partial charge is 0.324 e. The summed E-state index contributed by atoms with van der Waals surface area (Å²) in [5.74, 6) is -0.871. The van der Waals surface area contributed by atoms with Gasteiger partial charge in [-0.1, -0.05) is 13.8 Å². The van der Waals surface area contributed by atoms with Gasteiger partial charge in [0.05, 0.1) is 4.47 Å². The Hall–Kier alpha value is -0.190. The first kappa shape index (κ1) is 15.8. The molecule has 1 aromatic rings. The zero-order valence-electron chi connectivity index (χ0n) is 9.14. The zero-order chi connectivity index (χ0) is 11.6. The van der Waals surface area contributed by atoms with Crippen LogP contribution < -0.4 is 5.73 Å². The Kier molecular flexibility index (Phi) is 6.44. The van der Waals surface area contributed by atoms with Crippen LogP contribution in [0.3, 0.4) is 0 Å². The van der Waals surface area contributed by atoms with Crippen molar-refractivity contribution in [3.8, 4) is 0 Å². The Balaban J connectivity index is 0.00000225. The minimum atomic E-state index is -0.595. The predicted molar refractivity (Wildman–Crippen MR) is 67.7 cm³/mol. The summed E-state index contributed by atoms with van der Waals surface area (Å²) in [6.07, 6.45) is 0.560. The molecule has 2 N–H and O–H groups in total. The van der Waals surface area contributed by atoms with Gasteiger partial charge in [-0.15, -0.1) is 12.4 Å². The second-order valence-electron chi connectivity index (χ2n) is 3.99. The first-order valence-corrected chi connectivity index (χ1v) is 5.61. The van der Waals surface area contributed by atoms with Crippen LogP contribution in [0, 0.1) is 17.6 Å². The molecule has 0 fully saturated rings. The van der Waals surface area contributed by atoms with E-state index in [1.165, 1.54) is 12.1 Å². The summed E-state index contributed by atoms with van der Waals surface area (Å²) in [4.78, 5) is 0. The van der Waals surface area contributed by atoms with E-state index in [9.17, 15) is 8.78 Å². The van der Waals surface area contributed by atoms with Crippen LogP contribution in [0.15, 0.2) is 16.6 Å². The van der Waals surface area contributed by atoms with Crippen molar-refractivity contribution in [2.45, 2.75) is 26.3 Å². The highest BCUT2D eigenvalue weighted by atomic mass is 79.9. The van der Waals surface area contributed by atoms with Gasteiger partial charge >= 0.3 is 0 Å². The molecular weight excluding hydrogens is 299 g/mol. The third-order valence-electron chi connectivity index (χ3n) is 2.18. The van der Waals surface area contributed by atoms with Crippen molar-refractivity contribution in [1.82, 2.24) is 0 Å². The van der Waals surface area contributed by atoms with Gasteiger partial charge in [0.25, 0.3) is 0 Å². The summed E-state index contributed by atoms with van der Waals surface area (Å²) in [6.45, 7) is 3.93. The first-order valence-electron chi connectivity index (χ1n) is 4.82. The van der Waals surface area contributed by atoms with Gasteiger partial charge in [-0.3, -0.25) is 0 Å². The summed E-state index contributed by atoms with van der Waals surface area (Å²) in [5.41, 5.74) is 5.74. The van der Waals surface area contributed by atoms with Gasteiger partial charge in [0.15, 0.2) is 0 Å². The lowest BCUT2D eigenvalue weighted by Crippen LogP contribution is -2.16. The van der Waals surface area contributed by atoms with Gasteiger partial charge in [0.2, 0.25) is 0 Å². The van der Waals surface area contributed by atoms with E-state index in [4.69, 9.17) is 5.73 Å². The smallest absolute Gasteiger partial charge is 0.145 e. The maximum Gasteiger partial charge on any atom is 0.145 e. The molecule has 0 bridgehead atoms. The minimum absolute atomic E-state index is 0. The number of nitrogens with two attached hydrogens (primary N) is 1. The van der Waals surface area contributed by atoms with Crippen LogP contribution in [-0.2, 0) is 0 Å². The molecule has 16 heavy (non-hydrogen) atoms. The molecule has 0 saturated heterocycles. The third-order valence-corrected chi connectivity index (χ3v) is 2.79. The van der Waals surface area contributed by atoms with Crippen molar-refractivity contribution in [3.63, 3.8) is 0 Å². The van der Waals surface area contributed by atoms with Crippen LogP contribution in [0.5, 0.6) is 0 Å².